The van der Waals surface area contributed by atoms with Gasteiger partial charge in [-0.05, 0) is 27.2 Å². The molecule has 0 saturated heterocycles. The van der Waals surface area contributed by atoms with Gasteiger partial charge in [0.15, 0.2) is 0 Å². The minimum absolute atomic E-state index is 0.320. The van der Waals surface area contributed by atoms with Crippen LogP contribution in [-0.2, 0) is 18.3 Å². The number of carbonyl (C=O) groups excluding carboxylic acids is 1. The Kier molecular flexibility index (Phi) is 11.3. The van der Waals surface area contributed by atoms with Gasteiger partial charge in [0, 0.05) is 12.4 Å². The summed E-state index contributed by atoms with van der Waals surface area (Å²) in [7, 11) is -2.14. The predicted molar refractivity (Wildman–Crippen MR) is 74.0 cm³/mol. The Morgan fingerprint density at radius 3 is 2.05 bits per heavy atom. The summed E-state index contributed by atoms with van der Waals surface area (Å²) in [5.41, 5.74) is 0. The largest absolute Gasteiger partial charge is 0.449 e. The Hall–Kier alpha value is -1.10. The zero-order valence-corrected chi connectivity index (χ0v) is 12.6. The summed E-state index contributed by atoms with van der Waals surface area (Å²) in [6.45, 7) is 6.67. The van der Waals surface area contributed by atoms with Crippen LogP contribution >= 0.6 is 8.25 Å². The molecule has 1 amide bonds. The van der Waals surface area contributed by atoms with Gasteiger partial charge < -0.3 is 13.8 Å². The van der Waals surface area contributed by atoms with Crippen molar-refractivity contribution in [3.05, 3.63) is 24.6 Å². The average Bonchev–Trinajstić information content (AvgIpc) is 2.41. The van der Waals surface area contributed by atoms with Crippen LogP contribution in [0, 0.1) is 0 Å². The standard InChI is InChI=1S/C8H11NO2.C4H11O3P/c1-2-11-8(10)9-6-4-3-5-7-9;1-3-6-8(5)7-4-2/h4-7H,2-3H2,1H3;8H,3-4H2,1-2H3. The normalized spacial score (nSPS) is 13.2. The van der Waals surface area contributed by atoms with Gasteiger partial charge >= 0.3 is 14.3 Å². The molecule has 0 spiro atoms. The van der Waals surface area contributed by atoms with Crippen molar-refractivity contribution in [3.8, 4) is 0 Å². The maximum Gasteiger partial charge on any atom is 0.417 e. The van der Waals surface area contributed by atoms with Gasteiger partial charge in [0.1, 0.15) is 0 Å². The zero-order valence-electron chi connectivity index (χ0n) is 11.6. The summed E-state index contributed by atoms with van der Waals surface area (Å²) >= 11 is 0. The Balaban J connectivity index is 0.000000362. The van der Waals surface area contributed by atoms with Crippen LogP contribution in [0.3, 0.4) is 0 Å². The van der Waals surface area contributed by atoms with Crippen molar-refractivity contribution in [1.82, 2.24) is 4.90 Å². The molecule has 6 nitrogen and oxygen atoms in total. The van der Waals surface area contributed by atoms with Crippen molar-refractivity contribution < 1.29 is 23.1 Å². The maximum absolute atomic E-state index is 11.0. The Labute approximate surface area is 115 Å². The second kappa shape index (κ2) is 12.0. The van der Waals surface area contributed by atoms with Crippen LogP contribution in [0.25, 0.3) is 0 Å². The lowest BCUT2D eigenvalue weighted by atomic mass is 10.3. The molecular formula is C12H22NO5P. The highest BCUT2D eigenvalue weighted by Crippen LogP contribution is 2.21. The molecule has 0 aromatic carbocycles. The van der Waals surface area contributed by atoms with E-state index in [0.717, 1.165) is 6.42 Å². The van der Waals surface area contributed by atoms with Crippen LogP contribution in [0.5, 0.6) is 0 Å². The summed E-state index contributed by atoms with van der Waals surface area (Å²) in [6, 6.07) is 0. The Morgan fingerprint density at radius 1 is 1.11 bits per heavy atom. The summed E-state index contributed by atoms with van der Waals surface area (Å²) in [5.74, 6) is 0. The second-order valence-corrected chi connectivity index (χ2v) is 4.30. The van der Waals surface area contributed by atoms with E-state index in [4.69, 9.17) is 4.74 Å². The molecule has 0 aliphatic carbocycles. The van der Waals surface area contributed by atoms with E-state index in [1.54, 1.807) is 33.2 Å². The smallest absolute Gasteiger partial charge is 0.417 e. The van der Waals surface area contributed by atoms with Gasteiger partial charge in [-0.25, -0.2) is 4.79 Å². The van der Waals surface area contributed by atoms with Gasteiger partial charge in [0.05, 0.1) is 19.8 Å². The van der Waals surface area contributed by atoms with Crippen molar-refractivity contribution in [1.29, 1.82) is 0 Å². The van der Waals surface area contributed by atoms with Crippen LogP contribution in [0.4, 0.5) is 4.79 Å². The molecule has 19 heavy (non-hydrogen) atoms. The number of hydrogen-bond donors (Lipinski definition) is 0. The third kappa shape index (κ3) is 9.47. The lowest BCUT2D eigenvalue weighted by Gasteiger charge is -2.14. The summed E-state index contributed by atoms with van der Waals surface area (Å²) in [6.07, 6.45) is 7.78. The number of hydrogen-bond acceptors (Lipinski definition) is 5. The number of allylic oxidation sites excluding steroid dienone is 2. The molecule has 1 aliphatic heterocycles. The van der Waals surface area contributed by atoms with Gasteiger partial charge in [-0.3, -0.25) is 9.46 Å². The monoisotopic (exact) mass is 291 g/mol. The van der Waals surface area contributed by atoms with Crippen LogP contribution in [0.2, 0.25) is 0 Å². The highest BCUT2D eigenvalue weighted by molar-refractivity contribution is 7.33. The van der Waals surface area contributed by atoms with Crippen molar-refractivity contribution >= 4 is 14.3 Å². The molecule has 0 radical (unpaired) electrons. The number of carbonyl (C=O) groups is 1. The van der Waals surface area contributed by atoms with E-state index in [1.165, 1.54) is 4.90 Å². The zero-order chi connectivity index (χ0) is 14.5. The molecule has 0 aromatic rings. The summed E-state index contributed by atoms with van der Waals surface area (Å²) < 4.78 is 24.4. The average molecular weight is 291 g/mol. The maximum atomic E-state index is 11.0. The van der Waals surface area contributed by atoms with Crippen LogP contribution in [-0.4, -0.2) is 30.8 Å². The van der Waals surface area contributed by atoms with Crippen molar-refractivity contribution in [2.75, 3.05) is 19.8 Å². The molecule has 0 unspecified atom stereocenters. The van der Waals surface area contributed by atoms with Gasteiger partial charge in [0.2, 0.25) is 0 Å². The van der Waals surface area contributed by atoms with Gasteiger partial charge in [-0.15, -0.1) is 0 Å². The molecule has 0 N–H and O–H groups in total. The molecule has 7 heteroatoms. The first kappa shape index (κ1) is 17.9. The van der Waals surface area contributed by atoms with E-state index in [0.29, 0.717) is 19.8 Å². The van der Waals surface area contributed by atoms with E-state index < -0.39 is 8.25 Å². The molecule has 0 aromatic heterocycles. The lowest BCUT2D eigenvalue weighted by molar-refractivity contribution is 0.133. The molecule has 1 rings (SSSR count). The minimum atomic E-state index is -2.14. The fourth-order valence-electron chi connectivity index (χ4n) is 1.07. The third-order valence-corrected chi connectivity index (χ3v) is 2.86. The molecular weight excluding hydrogens is 269 g/mol. The van der Waals surface area contributed by atoms with E-state index in [9.17, 15) is 9.36 Å². The van der Waals surface area contributed by atoms with Gasteiger partial charge in [-0.1, -0.05) is 12.2 Å². The van der Waals surface area contributed by atoms with Crippen LogP contribution < -0.4 is 0 Å². The van der Waals surface area contributed by atoms with Crippen LogP contribution in [0.1, 0.15) is 27.2 Å². The first-order valence-electron chi connectivity index (χ1n) is 6.23. The topological polar surface area (TPSA) is 65.1 Å². The number of nitrogens with zero attached hydrogens (tertiary/aromatic N) is 1. The summed E-state index contributed by atoms with van der Waals surface area (Å²) in [5, 5.41) is 0. The van der Waals surface area contributed by atoms with Gasteiger partial charge in [0.25, 0.3) is 0 Å². The number of ether oxygens (including phenoxy) is 1. The lowest BCUT2D eigenvalue weighted by Crippen LogP contribution is -2.21. The minimum Gasteiger partial charge on any atom is -0.449 e. The van der Waals surface area contributed by atoms with E-state index >= 15 is 0 Å². The van der Waals surface area contributed by atoms with Crippen molar-refractivity contribution in [2.45, 2.75) is 27.2 Å². The molecule has 0 atom stereocenters. The SMILES string of the molecule is CCOC(=O)N1C=CCC=C1.CCO[PH](=O)OCC. The van der Waals surface area contributed by atoms with Gasteiger partial charge in [-0.2, -0.15) is 0 Å². The fraction of sp³-hybridized carbons (Fsp3) is 0.583. The molecule has 110 valence electrons. The van der Waals surface area contributed by atoms with Crippen LogP contribution in [0.15, 0.2) is 24.6 Å². The highest BCUT2D eigenvalue weighted by atomic mass is 31.1. The molecule has 0 fully saturated rings. The van der Waals surface area contributed by atoms with Crippen molar-refractivity contribution in [3.63, 3.8) is 0 Å². The predicted octanol–water partition coefficient (Wildman–Crippen LogP) is 3.33. The van der Waals surface area contributed by atoms with E-state index in [1.807, 2.05) is 12.2 Å². The first-order valence-corrected chi connectivity index (χ1v) is 7.46. The highest BCUT2D eigenvalue weighted by Gasteiger charge is 2.08. The second-order valence-electron chi connectivity index (χ2n) is 3.23. The molecule has 0 saturated carbocycles. The molecule has 1 heterocycles. The Morgan fingerprint density at radius 2 is 1.63 bits per heavy atom. The van der Waals surface area contributed by atoms with E-state index in [-0.39, 0.29) is 6.09 Å². The van der Waals surface area contributed by atoms with Crippen molar-refractivity contribution in [2.24, 2.45) is 0 Å². The Bertz CT molecular complexity index is 310. The summed E-state index contributed by atoms with van der Waals surface area (Å²) in [4.78, 5) is 12.4. The number of amides is 1. The molecule has 1 aliphatic rings. The fourth-order valence-corrected chi connectivity index (χ4v) is 1.63. The number of rotatable bonds is 5. The van der Waals surface area contributed by atoms with E-state index in [2.05, 4.69) is 9.05 Å². The third-order valence-electron chi connectivity index (χ3n) is 1.81. The molecule has 0 bridgehead atoms. The first-order chi connectivity index (χ1) is 9.15. The quantitative estimate of drug-likeness (QED) is 0.727.